The summed E-state index contributed by atoms with van der Waals surface area (Å²) in [5.41, 5.74) is 2.19. The fourth-order valence-corrected chi connectivity index (χ4v) is 2.07. The number of rotatable bonds is 2. The van der Waals surface area contributed by atoms with E-state index in [4.69, 9.17) is 0 Å². The maximum Gasteiger partial charge on any atom is 0.0822 e. The molecule has 1 aromatic rings. The Labute approximate surface area is 91.1 Å². The molecule has 1 fully saturated rings. The van der Waals surface area contributed by atoms with Gasteiger partial charge in [0.05, 0.1) is 11.5 Å². The molecule has 0 amide bonds. The normalized spacial score (nSPS) is 17.7. The first-order valence-corrected chi connectivity index (χ1v) is 5.37. The quantitative estimate of drug-likeness (QED) is 0.734. The van der Waals surface area contributed by atoms with Crippen molar-refractivity contribution in [3.8, 4) is 6.07 Å². The summed E-state index contributed by atoms with van der Waals surface area (Å²) < 4.78 is 0. The van der Waals surface area contributed by atoms with Crippen molar-refractivity contribution in [3.05, 3.63) is 29.8 Å². The number of hydrogen-bond donors (Lipinski definition) is 0. The van der Waals surface area contributed by atoms with E-state index in [0.717, 1.165) is 12.8 Å². The second-order valence-corrected chi connectivity index (χ2v) is 4.49. The number of hydrogen-bond acceptors (Lipinski definition) is 2. The SMILES string of the molecule is CN(C)c1ccc(C2(C#N)CCC2)cc1. The van der Waals surface area contributed by atoms with Crippen LogP contribution in [0, 0.1) is 11.3 Å². The summed E-state index contributed by atoms with van der Waals surface area (Å²) >= 11 is 0. The summed E-state index contributed by atoms with van der Waals surface area (Å²) in [6, 6.07) is 10.8. The highest BCUT2D eigenvalue weighted by molar-refractivity contribution is 5.49. The van der Waals surface area contributed by atoms with Crippen molar-refractivity contribution < 1.29 is 0 Å². The van der Waals surface area contributed by atoms with Crippen LogP contribution < -0.4 is 4.90 Å². The second kappa shape index (κ2) is 3.58. The van der Waals surface area contributed by atoms with Crippen LogP contribution >= 0.6 is 0 Å². The molecule has 0 bridgehead atoms. The molecule has 0 radical (unpaired) electrons. The Morgan fingerprint density at radius 2 is 1.80 bits per heavy atom. The Hall–Kier alpha value is -1.49. The minimum atomic E-state index is -0.176. The molecule has 0 unspecified atom stereocenters. The second-order valence-electron chi connectivity index (χ2n) is 4.49. The summed E-state index contributed by atoms with van der Waals surface area (Å²) in [6.07, 6.45) is 3.22. The maximum absolute atomic E-state index is 9.21. The predicted octanol–water partition coefficient (Wildman–Crippen LogP) is 2.70. The average Bonchev–Trinajstić information content (AvgIpc) is 2.18. The van der Waals surface area contributed by atoms with E-state index < -0.39 is 0 Å². The van der Waals surface area contributed by atoms with Crippen LogP contribution in [0.5, 0.6) is 0 Å². The first-order chi connectivity index (χ1) is 7.18. The first-order valence-electron chi connectivity index (χ1n) is 5.37. The average molecular weight is 200 g/mol. The van der Waals surface area contributed by atoms with Gasteiger partial charge in [-0.25, -0.2) is 0 Å². The van der Waals surface area contributed by atoms with Gasteiger partial charge in [0.15, 0.2) is 0 Å². The summed E-state index contributed by atoms with van der Waals surface area (Å²) in [5, 5.41) is 9.21. The lowest BCUT2D eigenvalue weighted by molar-refractivity contribution is 0.324. The molecule has 2 nitrogen and oxygen atoms in total. The number of benzene rings is 1. The molecule has 0 aliphatic heterocycles. The Balaban J connectivity index is 2.28. The summed E-state index contributed by atoms with van der Waals surface area (Å²) in [7, 11) is 4.05. The molecule has 0 atom stereocenters. The van der Waals surface area contributed by atoms with Crippen molar-refractivity contribution in [2.24, 2.45) is 0 Å². The predicted molar refractivity (Wildman–Crippen MR) is 61.9 cm³/mol. The van der Waals surface area contributed by atoms with E-state index in [2.05, 4.69) is 35.2 Å². The summed E-state index contributed by atoms with van der Waals surface area (Å²) in [6.45, 7) is 0. The Kier molecular flexibility index (Phi) is 2.40. The fourth-order valence-electron chi connectivity index (χ4n) is 2.07. The van der Waals surface area contributed by atoms with Crippen LogP contribution in [0.15, 0.2) is 24.3 Å². The minimum absolute atomic E-state index is 0.176. The number of nitriles is 1. The van der Waals surface area contributed by atoms with Gasteiger partial charge in [-0.05, 0) is 37.0 Å². The van der Waals surface area contributed by atoms with E-state index in [9.17, 15) is 5.26 Å². The highest BCUT2D eigenvalue weighted by atomic mass is 15.1. The molecule has 1 saturated carbocycles. The Morgan fingerprint density at radius 3 is 2.13 bits per heavy atom. The molecule has 2 rings (SSSR count). The van der Waals surface area contributed by atoms with Gasteiger partial charge >= 0.3 is 0 Å². The zero-order valence-electron chi connectivity index (χ0n) is 9.33. The van der Waals surface area contributed by atoms with Gasteiger partial charge in [0.25, 0.3) is 0 Å². The van der Waals surface area contributed by atoms with E-state index in [-0.39, 0.29) is 5.41 Å². The van der Waals surface area contributed by atoms with Crippen molar-refractivity contribution in [3.63, 3.8) is 0 Å². The lowest BCUT2D eigenvalue weighted by atomic mass is 9.65. The van der Waals surface area contributed by atoms with Gasteiger partial charge in [-0.1, -0.05) is 12.1 Å². The van der Waals surface area contributed by atoms with Gasteiger partial charge in [-0.2, -0.15) is 5.26 Å². The Morgan fingerprint density at radius 1 is 1.20 bits per heavy atom. The van der Waals surface area contributed by atoms with Crippen molar-refractivity contribution >= 4 is 5.69 Å². The number of nitrogens with zero attached hydrogens (tertiary/aromatic N) is 2. The molecule has 1 aliphatic rings. The van der Waals surface area contributed by atoms with E-state index >= 15 is 0 Å². The first kappa shape index (κ1) is 10.0. The van der Waals surface area contributed by atoms with Gasteiger partial charge in [-0.15, -0.1) is 0 Å². The van der Waals surface area contributed by atoms with Crippen molar-refractivity contribution in [2.75, 3.05) is 19.0 Å². The highest BCUT2D eigenvalue weighted by Gasteiger charge is 2.38. The summed E-state index contributed by atoms with van der Waals surface area (Å²) in [5.74, 6) is 0. The molecular formula is C13H16N2. The van der Waals surface area contributed by atoms with Crippen LogP contribution in [-0.4, -0.2) is 14.1 Å². The molecular weight excluding hydrogens is 184 g/mol. The van der Waals surface area contributed by atoms with Gasteiger partial charge in [0.2, 0.25) is 0 Å². The lowest BCUT2D eigenvalue weighted by Crippen LogP contribution is -2.32. The molecule has 0 saturated heterocycles. The topological polar surface area (TPSA) is 27.0 Å². The zero-order chi connectivity index (χ0) is 10.9. The molecule has 1 aromatic carbocycles. The van der Waals surface area contributed by atoms with Crippen LogP contribution in [-0.2, 0) is 5.41 Å². The van der Waals surface area contributed by atoms with Crippen LogP contribution in [0.1, 0.15) is 24.8 Å². The third-order valence-electron chi connectivity index (χ3n) is 3.36. The van der Waals surface area contributed by atoms with Crippen molar-refractivity contribution in [1.29, 1.82) is 5.26 Å². The molecule has 0 heterocycles. The van der Waals surface area contributed by atoms with Crippen LogP contribution in [0.4, 0.5) is 5.69 Å². The van der Waals surface area contributed by atoms with Crippen LogP contribution in [0.25, 0.3) is 0 Å². The third-order valence-corrected chi connectivity index (χ3v) is 3.36. The van der Waals surface area contributed by atoms with Gasteiger partial charge in [0.1, 0.15) is 0 Å². The highest BCUT2D eigenvalue weighted by Crippen LogP contribution is 2.43. The van der Waals surface area contributed by atoms with E-state index in [1.807, 2.05) is 14.1 Å². The van der Waals surface area contributed by atoms with E-state index in [0.29, 0.717) is 0 Å². The third kappa shape index (κ3) is 1.59. The van der Waals surface area contributed by atoms with Crippen LogP contribution in [0.2, 0.25) is 0 Å². The number of anilines is 1. The molecule has 78 valence electrons. The van der Waals surface area contributed by atoms with Crippen LogP contribution in [0.3, 0.4) is 0 Å². The summed E-state index contributed by atoms with van der Waals surface area (Å²) in [4.78, 5) is 2.07. The Bertz CT molecular complexity index is 380. The van der Waals surface area contributed by atoms with E-state index in [1.165, 1.54) is 17.7 Å². The molecule has 0 spiro atoms. The van der Waals surface area contributed by atoms with E-state index in [1.54, 1.807) is 0 Å². The monoisotopic (exact) mass is 200 g/mol. The molecule has 2 heteroatoms. The molecule has 0 aromatic heterocycles. The lowest BCUT2D eigenvalue weighted by Gasteiger charge is -2.35. The fraction of sp³-hybridized carbons (Fsp3) is 0.462. The standard InChI is InChI=1S/C13H16N2/c1-15(2)12-6-4-11(5-7-12)13(10-14)8-3-9-13/h4-7H,3,8-9H2,1-2H3. The van der Waals surface area contributed by atoms with Gasteiger partial charge in [0, 0.05) is 19.8 Å². The molecule has 0 N–H and O–H groups in total. The largest absolute Gasteiger partial charge is 0.378 e. The molecule has 1 aliphatic carbocycles. The smallest absolute Gasteiger partial charge is 0.0822 e. The molecule has 15 heavy (non-hydrogen) atoms. The van der Waals surface area contributed by atoms with Crippen molar-refractivity contribution in [1.82, 2.24) is 0 Å². The zero-order valence-corrected chi connectivity index (χ0v) is 9.33. The minimum Gasteiger partial charge on any atom is -0.378 e. The van der Waals surface area contributed by atoms with Gasteiger partial charge in [-0.3, -0.25) is 0 Å². The van der Waals surface area contributed by atoms with Crippen molar-refractivity contribution in [2.45, 2.75) is 24.7 Å². The van der Waals surface area contributed by atoms with Gasteiger partial charge < -0.3 is 4.90 Å². The maximum atomic E-state index is 9.21.